The van der Waals surface area contributed by atoms with E-state index in [0.717, 1.165) is 23.1 Å². The van der Waals surface area contributed by atoms with Gasteiger partial charge in [0, 0.05) is 13.0 Å². The first-order chi connectivity index (χ1) is 12.7. The van der Waals surface area contributed by atoms with Crippen LogP contribution < -0.4 is 9.04 Å². The normalized spacial score (nSPS) is 11.1. The Balaban J connectivity index is 2.03. The number of ether oxygens (including phenoxy) is 2. The first kappa shape index (κ1) is 20.8. The molecule has 2 rings (SSSR count). The summed E-state index contributed by atoms with van der Waals surface area (Å²) in [7, 11) is -2.15. The lowest BCUT2D eigenvalue weighted by molar-refractivity contribution is 0.0600. The molecule has 0 saturated carbocycles. The fourth-order valence-corrected chi connectivity index (χ4v) is 3.59. The van der Waals surface area contributed by atoms with Gasteiger partial charge < -0.3 is 9.47 Å². The molecular weight excluding hydrogens is 366 g/mol. The molecule has 2 aromatic rings. The van der Waals surface area contributed by atoms with Crippen molar-refractivity contribution in [2.24, 2.45) is 0 Å². The first-order valence-corrected chi connectivity index (χ1v) is 10.4. The molecule has 0 aromatic heterocycles. The Labute approximate surface area is 160 Å². The van der Waals surface area contributed by atoms with Gasteiger partial charge in [0.05, 0.1) is 31.2 Å². The van der Waals surface area contributed by atoms with Crippen molar-refractivity contribution in [2.75, 3.05) is 30.8 Å². The van der Waals surface area contributed by atoms with E-state index < -0.39 is 16.0 Å². The van der Waals surface area contributed by atoms with E-state index in [-0.39, 0.29) is 6.54 Å². The number of carbonyl (C=O) groups is 1. The third-order valence-corrected chi connectivity index (χ3v) is 5.28. The fraction of sp³-hybridized carbons (Fsp3) is 0.350. The highest BCUT2D eigenvalue weighted by molar-refractivity contribution is 7.92. The first-order valence-electron chi connectivity index (χ1n) is 8.58. The van der Waals surface area contributed by atoms with Gasteiger partial charge in [-0.25, -0.2) is 13.2 Å². The molecule has 7 heteroatoms. The number of aryl methyl sites for hydroxylation is 2. The minimum absolute atomic E-state index is 0.279. The van der Waals surface area contributed by atoms with Gasteiger partial charge in [0.2, 0.25) is 10.0 Å². The molecule has 0 aliphatic carbocycles. The molecule has 0 aliphatic heterocycles. The zero-order valence-electron chi connectivity index (χ0n) is 16.1. The van der Waals surface area contributed by atoms with Crippen LogP contribution in [0.2, 0.25) is 0 Å². The molecule has 27 heavy (non-hydrogen) atoms. The van der Waals surface area contributed by atoms with Crippen LogP contribution in [0.25, 0.3) is 0 Å². The highest BCUT2D eigenvalue weighted by atomic mass is 32.2. The summed E-state index contributed by atoms with van der Waals surface area (Å²) >= 11 is 0. The molecule has 6 nitrogen and oxygen atoms in total. The van der Waals surface area contributed by atoms with Crippen molar-refractivity contribution in [3.8, 4) is 5.75 Å². The summed E-state index contributed by atoms with van der Waals surface area (Å²) in [5, 5.41) is 0. The van der Waals surface area contributed by atoms with E-state index in [4.69, 9.17) is 4.74 Å². The molecule has 0 fully saturated rings. The van der Waals surface area contributed by atoms with Crippen molar-refractivity contribution < 1.29 is 22.7 Å². The molecule has 0 amide bonds. The predicted molar refractivity (Wildman–Crippen MR) is 106 cm³/mol. The van der Waals surface area contributed by atoms with Crippen LogP contribution in [-0.2, 0) is 14.8 Å². The van der Waals surface area contributed by atoms with E-state index in [1.165, 1.54) is 11.4 Å². The van der Waals surface area contributed by atoms with Crippen molar-refractivity contribution >= 4 is 21.7 Å². The largest absolute Gasteiger partial charge is 0.493 e. The Kier molecular flexibility index (Phi) is 6.85. The van der Waals surface area contributed by atoms with Gasteiger partial charge in [-0.3, -0.25) is 4.31 Å². The summed E-state index contributed by atoms with van der Waals surface area (Å²) in [5.41, 5.74) is 3.02. The summed E-state index contributed by atoms with van der Waals surface area (Å²) < 4.78 is 36.1. The number of rotatable bonds is 8. The quantitative estimate of drug-likeness (QED) is 0.510. The maximum atomic E-state index is 12.2. The number of esters is 1. The Morgan fingerprint density at radius 1 is 1.07 bits per heavy atom. The van der Waals surface area contributed by atoms with Crippen molar-refractivity contribution in [2.45, 2.75) is 20.3 Å². The second kappa shape index (κ2) is 8.90. The highest BCUT2D eigenvalue weighted by Crippen LogP contribution is 2.21. The molecule has 146 valence electrons. The number of carbonyl (C=O) groups excluding carboxylic acids is 1. The van der Waals surface area contributed by atoms with Gasteiger partial charge in [0.1, 0.15) is 5.75 Å². The summed E-state index contributed by atoms with van der Waals surface area (Å²) in [5.74, 6) is 0.345. The molecule has 0 radical (unpaired) electrons. The van der Waals surface area contributed by atoms with E-state index in [9.17, 15) is 13.2 Å². The maximum absolute atomic E-state index is 12.2. The molecule has 0 spiro atoms. The molecule has 0 saturated heterocycles. The zero-order valence-corrected chi connectivity index (χ0v) is 16.9. The molecule has 0 bridgehead atoms. The van der Waals surface area contributed by atoms with E-state index in [0.29, 0.717) is 24.3 Å². The number of benzene rings is 2. The van der Waals surface area contributed by atoms with Gasteiger partial charge in [0.25, 0.3) is 0 Å². The molecule has 2 aromatic carbocycles. The third kappa shape index (κ3) is 5.72. The van der Waals surface area contributed by atoms with Crippen LogP contribution in [0, 0.1) is 13.8 Å². The molecule has 0 atom stereocenters. The van der Waals surface area contributed by atoms with Gasteiger partial charge in [0.15, 0.2) is 0 Å². The number of nitrogens with zero attached hydrogens (tertiary/aromatic N) is 1. The van der Waals surface area contributed by atoms with Crippen LogP contribution in [-0.4, -0.2) is 40.9 Å². The maximum Gasteiger partial charge on any atom is 0.337 e. The van der Waals surface area contributed by atoms with Gasteiger partial charge >= 0.3 is 5.97 Å². The van der Waals surface area contributed by atoms with Crippen molar-refractivity contribution in [1.29, 1.82) is 0 Å². The van der Waals surface area contributed by atoms with E-state index in [1.54, 1.807) is 24.3 Å². The molecule has 0 N–H and O–H groups in total. The number of hydrogen-bond donors (Lipinski definition) is 0. The van der Waals surface area contributed by atoms with Crippen molar-refractivity contribution in [1.82, 2.24) is 0 Å². The van der Waals surface area contributed by atoms with Crippen LogP contribution in [0.4, 0.5) is 5.69 Å². The van der Waals surface area contributed by atoms with Gasteiger partial charge in [-0.2, -0.15) is 0 Å². The molecule has 0 heterocycles. The van der Waals surface area contributed by atoms with Crippen LogP contribution in [0.5, 0.6) is 5.75 Å². The summed E-state index contributed by atoms with van der Waals surface area (Å²) in [4.78, 5) is 11.5. The Morgan fingerprint density at radius 3 is 2.33 bits per heavy atom. The van der Waals surface area contributed by atoms with Crippen LogP contribution >= 0.6 is 0 Å². The SMILES string of the molecule is COC(=O)c1ccc(N(CCCOc2cc(C)ccc2C)S(C)(=O)=O)cc1. The second-order valence-corrected chi connectivity index (χ2v) is 8.25. The predicted octanol–water partition coefficient (Wildman–Crippen LogP) is 3.33. The third-order valence-electron chi connectivity index (χ3n) is 4.08. The topological polar surface area (TPSA) is 72.9 Å². The van der Waals surface area contributed by atoms with Crippen LogP contribution in [0.1, 0.15) is 27.9 Å². The Bertz CT molecular complexity index is 891. The number of anilines is 1. The minimum Gasteiger partial charge on any atom is -0.493 e. The lowest BCUT2D eigenvalue weighted by Crippen LogP contribution is -2.31. The summed E-state index contributed by atoms with van der Waals surface area (Å²) in [6, 6.07) is 12.3. The van der Waals surface area contributed by atoms with E-state index >= 15 is 0 Å². The molecular formula is C20H25NO5S. The van der Waals surface area contributed by atoms with E-state index in [1.807, 2.05) is 32.0 Å². The minimum atomic E-state index is -3.46. The standard InChI is InChI=1S/C20H25NO5S/c1-15-6-7-16(2)19(14-15)26-13-5-12-21(27(4,23)24)18-10-8-17(9-11-18)20(22)25-3/h6-11,14H,5,12-13H2,1-4H3. The Hall–Kier alpha value is -2.54. The molecule has 0 aliphatic rings. The lowest BCUT2D eigenvalue weighted by Gasteiger charge is -2.22. The average Bonchev–Trinajstić information content (AvgIpc) is 2.63. The van der Waals surface area contributed by atoms with E-state index in [2.05, 4.69) is 4.74 Å². The zero-order chi connectivity index (χ0) is 20.0. The van der Waals surface area contributed by atoms with Crippen molar-refractivity contribution in [3.63, 3.8) is 0 Å². The highest BCUT2D eigenvalue weighted by Gasteiger charge is 2.18. The van der Waals surface area contributed by atoms with Crippen LogP contribution in [0.15, 0.2) is 42.5 Å². The summed E-state index contributed by atoms with van der Waals surface area (Å²) in [6.07, 6.45) is 1.69. The Morgan fingerprint density at radius 2 is 1.74 bits per heavy atom. The fourth-order valence-electron chi connectivity index (χ4n) is 2.62. The summed E-state index contributed by atoms with van der Waals surface area (Å²) in [6.45, 7) is 4.65. The smallest absolute Gasteiger partial charge is 0.337 e. The lowest BCUT2D eigenvalue weighted by atomic mass is 10.1. The number of methoxy groups -OCH3 is 1. The average molecular weight is 391 g/mol. The second-order valence-electron chi connectivity index (χ2n) is 6.34. The van der Waals surface area contributed by atoms with Gasteiger partial charge in [-0.15, -0.1) is 0 Å². The monoisotopic (exact) mass is 391 g/mol. The van der Waals surface area contributed by atoms with Gasteiger partial charge in [-0.1, -0.05) is 12.1 Å². The number of hydrogen-bond acceptors (Lipinski definition) is 5. The molecule has 0 unspecified atom stereocenters. The van der Waals surface area contributed by atoms with Crippen molar-refractivity contribution in [3.05, 3.63) is 59.2 Å². The van der Waals surface area contributed by atoms with Gasteiger partial charge in [-0.05, 0) is 55.3 Å². The number of sulfonamides is 1. The van der Waals surface area contributed by atoms with Crippen LogP contribution in [0.3, 0.4) is 0 Å².